The van der Waals surface area contributed by atoms with E-state index in [-0.39, 0.29) is 11.3 Å². The molecule has 0 bridgehead atoms. The number of aromatic nitrogens is 4. The predicted molar refractivity (Wildman–Crippen MR) is 81.9 cm³/mol. The van der Waals surface area contributed by atoms with E-state index in [1.807, 2.05) is 13.8 Å². The highest BCUT2D eigenvalue weighted by Crippen LogP contribution is 2.19. The molecule has 2 N–H and O–H groups in total. The van der Waals surface area contributed by atoms with Crippen LogP contribution in [-0.4, -0.2) is 43.1 Å². The molecular weight excluding hydrogens is 354 g/mol. The van der Waals surface area contributed by atoms with Crippen LogP contribution >= 0.6 is 15.9 Å². The number of aromatic carboxylic acids is 1. The summed E-state index contributed by atoms with van der Waals surface area (Å²) >= 11 is 3.44. The molecule has 118 valence electrons. The normalized spacial score (nSPS) is 10.7. The monoisotopic (exact) mass is 369 g/mol. The number of nitrogens with zero attached hydrogens (tertiary/aromatic N) is 4. The zero-order valence-corrected chi connectivity index (χ0v) is 14.0. The largest absolute Gasteiger partial charge is 0.478 e. The Morgan fingerprint density at radius 2 is 2.05 bits per heavy atom. The highest BCUT2D eigenvalue weighted by molar-refractivity contribution is 9.10. The second-order valence-corrected chi connectivity index (χ2v) is 5.63. The van der Waals surface area contributed by atoms with Gasteiger partial charge in [-0.2, -0.15) is 10.2 Å². The molecule has 0 saturated carbocycles. The highest BCUT2D eigenvalue weighted by Gasteiger charge is 2.20. The van der Waals surface area contributed by atoms with E-state index in [0.717, 1.165) is 15.9 Å². The summed E-state index contributed by atoms with van der Waals surface area (Å²) in [6.45, 7) is 4.62. The number of hydrogen-bond acceptors (Lipinski definition) is 4. The summed E-state index contributed by atoms with van der Waals surface area (Å²) < 4.78 is 4.02. The van der Waals surface area contributed by atoms with Gasteiger partial charge < -0.3 is 10.4 Å². The van der Waals surface area contributed by atoms with Crippen LogP contribution in [0.25, 0.3) is 0 Å². The first-order valence-electron chi connectivity index (χ1n) is 6.56. The number of carbonyl (C=O) groups excluding carboxylic acids is 1. The van der Waals surface area contributed by atoms with E-state index in [0.29, 0.717) is 13.1 Å². The van der Waals surface area contributed by atoms with Gasteiger partial charge in [0.05, 0.1) is 16.7 Å². The van der Waals surface area contributed by atoms with Crippen LogP contribution in [0.5, 0.6) is 0 Å². The summed E-state index contributed by atoms with van der Waals surface area (Å²) in [6.07, 6.45) is 1.30. The number of carboxylic acid groups (broad SMARTS) is 1. The zero-order chi connectivity index (χ0) is 16.4. The molecule has 8 nitrogen and oxygen atoms in total. The lowest BCUT2D eigenvalue weighted by Crippen LogP contribution is -2.29. The summed E-state index contributed by atoms with van der Waals surface area (Å²) in [4.78, 5) is 23.1. The molecule has 22 heavy (non-hydrogen) atoms. The van der Waals surface area contributed by atoms with E-state index in [4.69, 9.17) is 5.11 Å². The summed E-state index contributed by atoms with van der Waals surface area (Å²) in [5.41, 5.74) is 1.64. The lowest BCUT2D eigenvalue weighted by Gasteiger charge is -2.06. The minimum atomic E-state index is -1.18. The fraction of sp³-hybridized carbons (Fsp3) is 0.385. The Labute approximate surface area is 135 Å². The van der Waals surface area contributed by atoms with Crippen LogP contribution in [0.15, 0.2) is 10.7 Å². The van der Waals surface area contributed by atoms with Gasteiger partial charge in [0.25, 0.3) is 5.91 Å². The van der Waals surface area contributed by atoms with Crippen molar-refractivity contribution in [3.8, 4) is 0 Å². The molecule has 0 aromatic carbocycles. The van der Waals surface area contributed by atoms with Crippen molar-refractivity contribution in [1.29, 1.82) is 0 Å². The molecule has 0 unspecified atom stereocenters. The Bertz CT molecular complexity index is 734. The first-order chi connectivity index (χ1) is 10.3. The van der Waals surface area contributed by atoms with Crippen molar-refractivity contribution in [2.24, 2.45) is 7.05 Å². The van der Waals surface area contributed by atoms with Crippen molar-refractivity contribution in [3.63, 3.8) is 0 Å². The number of halogens is 1. The van der Waals surface area contributed by atoms with Crippen LogP contribution in [0.2, 0.25) is 0 Å². The zero-order valence-electron chi connectivity index (χ0n) is 12.4. The van der Waals surface area contributed by atoms with E-state index in [2.05, 4.69) is 31.4 Å². The van der Waals surface area contributed by atoms with Gasteiger partial charge in [-0.1, -0.05) is 0 Å². The quantitative estimate of drug-likeness (QED) is 0.822. The maximum absolute atomic E-state index is 12.0. The van der Waals surface area contributed by atoms with Gasteiger partial charge in [0.15, 0.2) is 5.69 Å². The molecule has 2 aromatic heterocycles. The van der Waals surface area contributed by atoms with Crippen molar-refractivity contribution in [1.82, 2.24) is 24.9 Å². The van der Waals surface area contributed by atoms with Gasteiger partial charge >= 0.3 is 5.97 Å². The van der Waals surface area contributed by atoms with Gasteiger partial charge in [-0.05, 0) is 29.8 Å². The molecule has 2 aromatic rings. The van der Waals surface area contributed by atoms with Gasteiger partial charge in [0.1, 0.15) is 5.56 Å². The summed E-state index contributed by atoms with van der Waals surface area (Å²) in [5, 5.41) is 19.9. The average molecular weight is 370 g/mol. The van der Waals surface area contributed by atoms with Gasteiger partial charge in [-0.15, -0.1) is 0 Å². The first kappa shape index (κ1) is 16.2. The van der Waals surface area contributed by atoms with Crippen molar-refractivity contribution in [3.05, 3.63) is 33.3 Å². The minimum absolute atomic E-state index is 0.0930. The number of rotatable bonds is 5. The second kappa shape index (κ2) is 6.30. The van der Waals surface area contributed by atoms with Crippen LogP contribution in [0, 0.1) is 13.8 Å². The van der Waals surface area contributed by atoms with Crippen molar-refractivity contribution in [2.45, 2.75) is 20.4 Å². The molecule has 2 heterocycles. The number of aryl methyl sites for hydroxylation is 2. The van der Waals surface area contributed by atoms with Gasteiger partial charge in [-0.3, -0.25) is 14.2 Å². The van der Waals surface area contributed by atoms with Crippen LogP contribution in [0.3, 0.4) is 0 Å². The van der Waals surface area contributed by atoms with Crippen molar-refractivity contribution >= 4 is 27.8 Å². The number of carbonyl (C=O) groups is 2. The maximum Gasteiger partial charge on any atom is 0.339 e. The van der Waals surface area contributed by atoms with E-state index in [1.54, 1.807) is 11.7 Å². The molecule has 0 aliphatic rings. The smallest absolute Gasteiger partial charge is 0.339 e. The molecule has 0 aliphatic heterocycles. The Hall–Kier alpha value is -2.16. The molecule has 2 rings (SSSR count). The Morgan fingerprint density at radius 3 is 2.59 bits per heavy atom. The number of carboxylic acids is 1. The second-order valence-electron chi connectivity index (χ2n) is 4.83. The standard InChI is InChI=1S/C13H16BrN5O3/c1-7-10(14)8(2)19(16-7)5-4-15-12(20)11-9(13(21)22)6-18(3)17-11/h6H,4-5H2,1-3H3,(H,15,20)(H,21,22). The summed E-state index contributed by atoms with van der Waals surface area (Å²) in [5.74, 6) is -1.70. The lowest BCUT2D eigenvalue weighted by molar-refractivity contribution is 0.0691. The molecular formula is C13H16BrN5O3. The van der Waals surface area contributed by atoms with Crippen molar-refractivity contribution in [2.75, 3.05) is 6.54 Å². The maximum atomic E-state index is 12.0. The average Bonchev–Trinajstić information content (AvgIpc) is 2.96. The molecule has 1 amide bonds. The molecule has 0 saturated heterocycles. The van der Waals surface area contributed by atoms with Crippen molar-refractivity contribution < 1.29 is 14.7 Å². The molecule has 9 heteroatoms. The fourth-order valence-corrected chi connectivity index (χ4v) is 2.35. The van der Waals surface area contributed by atoms with E-state index in [1.165, 1.54) is 10.9 Å². The fourth-order valence-electron chi connectivity index (χ4n) is 2.06. The van der Waals surface area contributed by atoms with Gasteiger partial charge in [0, 0.05) is 25.5 Å². The predicted octanol–water partition coefficient (Wildman–Crippen LogP) is 1.12. The SMILES string of the molecule is Cc1nn(CCNC(=O)c2nn(C)cc2C(=O)O)c(C)c1Br. The van der Waals surface area contributed by atoms with Crippen LogP contribution in [0.4, 0.5) is 0 Å². The molecule has 0 radical (unpaired) electrons. The lowest BCUT2D eigenvalue weighted by atomic mass is 10.2. The van der Waals surface area contributed by atoms with Gasteiger partial charge in [-0.25, -0.2) is 4.79 Å². The molecule has 0 aliphatic carbocycles. The van der Waals surface area contributed by atoms with E-state index in [9.17, 15) is 9.59 Å². The van der Waals surface area contributed by atoms with Crippen LogP contribution in [0.1, 0.15) is 32.2 Å². The third kappa shape index (κ3) is 3.19. The highest BCUT2D eigenvalue weighted by atomic mass is 79.9. The summed E-state index contributed by atoms with van der Waals surface area (Å²) in [6, 6.07) is 0. The first-order valence-corrected chi connectivity index (χ1v) is 7.35. The number of nitrogens with one attached hydrogen (secondary N) is 1. The summed E-state index contributed by atoms with van der Waals surface area (Å²) in [7, 11) is 1.57. The van der Waals surface area contributed by atoms with Gasteiger partial charge in [0.2, 0.25) is 0 Å². The third-order valence-corrected chi connectivity index (χ3v) is 4.32. The van der Waals surface area contributed by atoms with Crippen LogP contribution in [-0.2, 0) is 13.6 Å². The Kier molecular flexibility index (Phi) is 4.65. The van der Waals surface area contributed by atoms with Crippen LogP contribution < -0.4 is 5.32 Å². The molecule has 0 spiro atoms. The van der Waals surface area contributed by atoms with E-state index >= 15 is 0 Å². The minimum Gasteiger partial charge on any atom is -0.478 e. The number of amides is 1. The molecule has 0 fully saturated rings. The topological polar surface area (TPSA) is 102 Å². The third-order valence-electron chi connectivity index (χ3n) is 3.18. The molecule has 0 atom stereocenters. The Balaban J connectivity index is 2.01. The van der Waals surface area contributed by atoms with E-state index < -0.39 is 11.9 Å². The number of hydrogen-bond donors (Lipinski definition) is 2. The Morgan fingerprint density at radius 1 is 1.36 bits per heavy atom.